The van der Waals surface area contributed by atoms with Crippen molar-refractivity contribution in [2.24, 2.45) is 5.11 Å². The number of aryl methyl sites for hydroxylation is 1. The minimum Gasteiger partial charge on any atom is -0.472 e. The molecular weight excluding hydrogens is 330 g/mol. The summed E-state index contributed by atoms with van der Waals surface area (Å²) in [6.07, 6.45) is 3.17. The van der Waals surface area contributed by atoms with Gasteiger partial charge in [-0.1, -0.05) is 5.11 Å². The molecule has 0 aromatic carbocycles. The molecule has 10 nitrogen and oxygen atoms in total. The summed E-state index contributed by atoms with van der Waals surface area (Å²) >= 11 is 0. The SMILES string of the molecule is Cc1cn([C@H]2CC(N=[N+]=[N-])[C@@H](CO)O2)c(=O)n(Cc2ccoc2)c1=O. The molecule has 132 valence electrons. The second-order valence-corrected chi connectivity index (χ2v) is 5.84. The summed E-state index contributed by atoms with van der Waals surface area (Å²) in [5, 5.41) is 13.0. The molecule has 25 heavy (non-hydrogen) atoms. The minimum absolute atomic E-state index is 0.0752. The van der Waals surface area contributed by atoms with Crippen molar-refractivity contribution in [3.8, 4) is 0 Å². The number of furan rings is 1. The van der Waals surface area contributed by atoms with Crippen LogP contribution in [0.4, 0.5) is 0 Å². The molecule has 0 amide bonds. The largest absolute Gasteiger partial charge is 0.472 e. The molecule has 0 spiro atoms. The number of hydrogen-bond acceptors (Lipinski definition) is 6. The third-order valence-electron chi connectivity index (χ3n) is 4.18. The number of rotatable bonds is 5. The second-order valence-electron chi connectivity index (χ2n) is 5.84. The van der Waals surface area contributed by atoms with E-state index in [2.05, 4.69) is 10.0 Å². The van der Waals surface area contributed by atoms with Crippen molar-refractivity contribution in [3.05, 3.63) is 67.2 Å². The van der Waals surface area contributed by atoms with Gasteiger partial charge in [-0.15, -0.1) is 0 Å². The van der Waals surface area contributed by atoms with Gasteiger partial charge in [-0.05, 0) is 18.5 Å². The number of ether oxygens (including phenoxy) is 1. The highest BCUT2D eigenvalue weighted by molar-refractivity contribution is 5.10. The predicted octanol–water partition coefficient (Wildman–Crippen LogP) is 0.918. The number of hydrogen-bond donors (Lipinski definition) is 1. The van der Waals surface area contributed by atoms with E-state index in [-0.39, 0.29) is 19.6 Å². The predicted molar refractivity (Wildman–Crippen MR) is 86.1 cm³/mol. The van der Waals surface area contributed by atoms with Gasteiger partial charge in [-0.2, -0.15) is 0 Å². The fourth-order valence-electron chi connectivity index (χ4n) is 2.91. The summed E-state index contributed by atoms with van der Waals surface area (Å²) in [5.74, 6) is 0. The van der Waals surface area contributed by atoms with Crippen LogP contribution in [0.3, 0.4) is 0 Å². The van der Waals surface area contributed by atoms with Crippen molar-refractivity contribution in [2.75, 3.05) is 6.61 Å². The number of aromatic nitrogens is 2. The minimum atomic E-state index is -0.727. The van der Waals surface area contributed by atoms with Gasteiger partial charge in [-0.25, -0.2) is 4.79 Å². The van der Waals surface area contributed by atoms with Gasteiger partial charge in [0.2, 0.25) is 0 Å². The first-order chi connectivity index (χ1) is 12.0. The lowest BCUT2D eigenvalue weighted by Gasteiger charge is -2.17. The molecule has 3 heterocycles. The molecule has 1 aliphatic rings. The van der Waals surface area contributed by atoms with E-state index in [1.165, 1.54) is 23.3 Å². The number of azide groups is 1. The van der Waals surface area contributed by atoms with Gasteiger partial charge >= 0.3 is 5.69 Å². The topological polar surface area (TPSA) is 135 Å². The third kappa shape index (κ3) is 3.22. The Hall–Kier alpha value is -2.81. The number of nitrogens with zero attached hydrogens (tertiary/aromatic N) is 5. The van der Waals surface area contributed by atoms with Crippen LogP contribution in [0.15, 0.2) is 43.9 Å². The molecule has 0 bridgehead atoms. The van der Waals surface area contributed by atoms with E-state index in [9.17, 15) is 14.7 Å². The lowest BCUT2D eigenvalue weighted by molar-refractivity contribution is -0.0277. The molecule has 2 aromatic heterocycles. The van der Waals surface area contributed by atoms with Gasteiger partial charge in [0, 0.05) is 28.7 Å². The maximum atomic E-state index is 12.8. The summed E-state index contributed by atoms with van der Waals surface area (Å²) in [7, 11) is 0. The smallest absolute Gasteiger partial charge is 0.333 e. The summed E-state index contributed by atoms with van der Waals surface area (Å²) in [6, 6.07) is 1.09. The standard InChI is InChI=1S/C15H17N5O5/c1-9-5-19(13-4-11(17-18-16)12(7-21)25-13)15(23)20(14(9)22)6-10-2-3-24-8-10/h2-3,5,8,11-13,21H,4,6-7H2,1H3/t11?,12-,13-/m1/s1. The van der Waals surface area contributed by atoms with Crippen LogP contribution >= 0.6 is 0 Å². The van der Waals surface area contributed by atoms with Crippen molar-refractivity contribution < 1.29 is 14.3 Å². The first kappa shape index (κ1) is 17.0. The molecule has 3 rings (SSSR count). The average Bonchev–Trinajstić information content (AvgIpc) is 3.25. The zero-order valence-corrected chi connectivity index (χ0v) is 13.5. The van der Waals surface area contributed by atoms with E-state index >= 15 is 0 Å². The Balaban J connectivity index is 2.00. The van der Waals surface area contributed by atoms with Crippen LogP contribution in [0.1, 0.15) is 23.8 Å². The van der Waals surface area contributed by atoms with Crippen LogP contribution in [0.5, 0.6) is 0 Å². The quantitative estimate of drug-likeness (QED) is 0.487. The molecule has 10 heteroatoms. The summed E-state index contributed by atoms with van der Waals surface area (Å²) in [4.78, 5) is 27.9. The summed E-state index contributed by atoms with van der Waals surface area (Å²) < 4.78 is 13.0. The Bertz CT molecular complexity index is 909. The second kappa shape index (κ2) is 6.98. The van der Waals surface area contributed by atoms with Crippen molar-refractivity contribution in [1.82, 2.24) is 9.13 Å². The molecule has 0 radical (unpaired) electrons. The highest BCUT2D eigenvalue weighted by Crippen LogP contribution is 2.29. The molecule has 1 saturated heterocycles. The normalized spacial score (nSPS) is 22.7. The zero-order valence-electron chi connectivity index (χ0n) is 13.5. The average molecular weight is 347 g/mol. The molecule has 1 N–H and O–H groups in total. The Morgan fingerprint density at radius 2 is 2.28 bits per heavy atom. The van der Waals surface area contributed by atoms with E-state index in [0.717, 1.165) is 4.57 Å². The number of aliphatic hydroxyl groups is 1. The van der Waals surface area contributed by atoms with Crippen LogP contribution < -0.4 is 11.2 Å². The van der Waals surface area contributed by atoms with Gasteiger partial charge in [0.1, 0.15) is 6.23 Å². The van der Waals surface area contributed by atoms with Crippen molar-refractivity contribution in [1.29, 1.82) is 0 Å². The van der Waals surface area contributed by atoms with E-state index in [1.54, 1.807) is 13.0 Å². The van der Waals surface area contributed by atoms with Crippen LogP contribution in [0.25, 0.3) is 10.4 Å². The van der Waals surface area contributed by atoms with Gasteiger partial charge in [0.15, 0.2) is 0 Å². The highest BCUT2D eigenvalue weighted by atomic mass is 16.5. The van der Waals surface area contributed by atoms with Crippen molar-refractivity contribution in [2.45, 2.75) is 38.3 Å². The maximum Gasteiger partial charge on any atom is 0.333 e. The lowest BCUT2D eigenvalue weighted by Crippen LogP contribution is -2.42. The maximum absolute atomic E-state index is 12.8. The van der Waals surface area contributed by atoms with Gasteiger partial charge < -0.3 is 14.3 Å². The van der Waals surface area contributed by atoms with Gasteiger partial charge in [-0.3, -0.25) is 13.9 Å². The van der Waals surface area contributed by atoms with Crippen molar-refractivity contribution in [3.63, 3.8) is 0 Å². The molecule has 1 aliphatic heterocycles. The van der Waals surface area contributed by atoms with E-state index in [0.29, 0.717) is 11.1 Å². The van der Waals surface area contributed by atoms with E-state index in [1.807, 2.05) is 0 Å². The van der Waals surface area contributed by atoms with Crippen LogP contribution in [-0.2, 0) is 11.3 Å². The Kier molecular flexibility index (Phi) is 4.75. The molecule has 1 unspecified atom stereocenters. The third-order valence-corrected chi connectivity index (χ3v) is 4.18. The van der Waals surface area contributed by atoms with E-state index in [4.69, 9.17) is 14.7 Å². The van der Waals surface area contributed by atoms with E-state index < -0.39 is 29.6 Å². The molecule has 1 fully saturated rings. The Labute approximate surface area is 141 Å². The fourth-order valence-corrected chi connectivity index (χ4v) is 2.91. The van der Waals surface area contributed by atoms with Crippen LogP contribution in [0.2, 0.25) is 0 Å². The summed E-state index contributed by atoms with van der Waals surface area (Å²) in [5.41, 5.74) is 8.74. The Morgan fingerprint density at radius 3 is 2.92 bits per heavy atom. The first-order valence-corrected chi connectivity index (χ1v) is 7.69. The van der Waals surface area contributed by atoms with Crippen LogP contribution in [0, 0.1) is 6.92 Å². The highest BCUT2D eigenvalue weighted by Gasteiger charge is 2.36. The first-order valence-electron chi connectivity index (χ1n) is 7.69. The lowest BCUT2D eigenvalue weighted by atomic mass is 10.1. The summed E-state index contributed by atoms with van der Waals surface area (Å²) in [6.45, 7) is 1.35. The van der Waals surface area contributed by atoms with Gasteiger partial charge in [0.25, 0.3) is 5.56 Å². The molecule has 0 saturated carbocycles. The molecule has 2 aromatic rings. The zero-order chi connectivity index (χ0) is 18.0. The van der Waals surface area contributed by atoms with Crippen molar-refractivity contribution >= 4 is 0 Å². The monoisotopic (exact) mass is 347 g/mol. The number of aliphatic hydroxyl groups excluding tert-OH is 1. The van der Waals surface area contributed by atoms with Gasteiger partial charge in [0.05, 0.1) is 37.8 Å². The molecular formula is C15H17N5O5. The molecule has 0 aliphatic carbocycles. The molecule has 3 atom stereocenters. The van der Waals surface area contributed by atoms with Crippen LogP contribution in [-0.4, -0.2) is 33.0 Å². The fraction of sp³-hybridized carbons (Fsp3) is 0.467. The Morgan fingerprint density at radius 1 is 1.48 bits per heavy atom.